The van der Waals surface area contributed by atoms with E-state index in [4.69, 9.17) is 0 Å². The third-order valence-electron chi connectivity index (χ3n) is 3.84. The zero-order valence-corrected chi connectivity index (χ0v) is 10.2. The van der Waals surface area contributed by atoms with Crippen molar-refractivity contribution in [1.29, 1.82) is 0 Å². The van der Waals surface area contributed by atoms with Crippen molar-refractivity contribution < 1.29 is 0 Å². The van der Waals surface area contributed by atoms with Gasteiger partial charge in [-0.05, 0) is 37.7 Å². The second kappa shape index (κ2) is 4.40. The third kappa shape index (κ3) is 2.14. The molecule has 2 aromatic rings. The molecule has 0 aromatic carbocycles. The van der Waals surface area contributed by atoms with E-state index >= 15 is 0 Å². The van der Waals surface area contributed by atoms with E-state index in [0.29, 0.717) is 6.04 Å². The largest absolute Gasteiger partial charge is 0.382 e. The summed E-state index contributed by atoms with van der Waals surface area (Å²) in [7, 11) is 0. The van der Waals surface area contributed by atoms with Crippen molar-refractivity contribution in [2.75, 3.05) is 5.32 Å². The Morgan fingerprint density at radius 2 is 2.06 bits per heavy atom. The van der Waals surface area contributed by atoms with Crippen LogP contribution < -0.4 is 5.32 Å². The van der Waals surface area contributed by atoms with Crippen LogP contribution >= 0.6 is 0 Å². The Bertz CT molecular complexity index is 495. The quantitative estimate of drug-likeness (QED) is 0.826. The molecule has 3 heteroatoms. The highest BCUT2D eigenvalue weighted by Crippen LogP contribution is 2.28. The minimum absolute atomic E-state index is 0.631. The molecule has 0 radical (unpaired) electrons. The van der Waals surface area contributed by atoms with E-state index < -0.39 is 0 Å². The number of rotatable bonds is 2. The monoisotopic (exact) mass is 229 g/mol. The van der Waals surface area contributed by atoms with E-state index in [-0.39, 0.29) is 0 Å². The Morgan fingerprint density at radius 3 is 2.88 bits per heavy atom. The molecule has 2 heterocycles. The number of anilines is 1. The SMILES string of the molecule is CC1CCC(Nc2ccnc3c[nH]cc23)CC1. The number of nitrogens with zero attached hydrogens (tertiary/aromatic N) is 1. The number of nitrogens with one attached hydrogen (secondary N) is 2. The van der Waals surface area contributed by atoms with Gasteiger partial charge >= 0.3 is 0 Å². The maximum atomic E-state index is 4.34. The number of hydrogen-bond donors (Lipinski definition) is 2. The molecule has 17 heavy (non-hydrogen) atoms. The highest BCUT2D eigenvalue weighted by molar-refractivity contribution is 5.90. The van der Waals surface area contributed by atoms with E-state index in [1.807, 2.05) is 18.6 Å². The van der Waals surface area contributed by atoms with Gasteiger partial charge in [0, 0.05) is 35.7 Å². The Morgan fingerprint density at radius 1 is 1.24 bits per heavy atom. The first-order valence-electron chi connectivity index (χ1n) is 6.51. The molecule has 1 aliphatic rings. The Hall–Kier alpha value is -1.51. The third-order valence-corrected chi connectivity index (χ3v) is 3.84. The average molecular weight is 229 g/mol. The van der Waals surface area contributed by atoms with Crippen molar-refractivity contribution in [2.45, 2.75) is 38.6 Å². The number of aromatic amines is 1. The van der Waals surface area contributed by atoms with Gasteiger partial charge in [-0.1, -0.05) is 6.92 Å². The van der Waals surface area contributed by atoms with Crippen LogP contribution in [0.15, 0.2) is 24.7 Å². The van der Waals surface area contributed by atoms with Crippen LogP contribution in [-0.2, 0) is 0 Å². The van der Waals surface area contributed by atoms with Gasteiger partial charge in [0.1, 0.15) is 0 Å². The Balaban J connectivity index is 1.78. The molecule has 3 rings (SSSR count). The lowest BCUT2D eigenvalue weighted by atomic mass is 9.87. The maximum absolute atomic E-state index is 4.34. The smallest absolute Gasteiger partial charge is 0.0897 e. The van der Waals surface area contributed by atoms with Crippen molar-refractivity contribution in [3.05, 3.63) is 24.7 Å². The summed E-state index contributed by atoms with van der Waals surface area (Å²) in [5.74, 6) is 0.901. The van der Waals surface area contributed by atoms with E-state index in [1.165, 1.54) is 36.8 Å². The Labute approximate surface area is 102 Å². The summed E-state index contributed by atoms with van der Waals surface area (Å²) in [6.07, 6.45) is 11.1. The predicted molar refractivity (Wildman–Crippen MR) is 71.1 cm³/mol. The number of hydrogen-bond acceptors (Lipinski definition) is 2. The average Bonchev–Trinajstić information content (AvgIpc) is 2.81. The first-order valence-corrected chi connectivity index (χ1v) is 6.51. The molecule has 90 valence electrons. The van der Waals surface area contributed by atoms with Crippen LogP contribution in [-0.4, -0.2) is 16.0 Å². The summed E-state index contributed by atoms with van der Waals surface area (Å²) in [4.78, 5) is 7.46. The van der Waals surface area contributed by atoms with Gasteiger partial charge in [0.25, 0.3) is 0 Å². The van der Waals surface area contributed by atoms with Crippen molar-refractivity contribution >= 4 is 16.6 Å². The molecule has 1 aliphatic carbocycles. The van der Waals surface area contributed by atoms with Crippen molar-refractivity contribution in [3.63, 3.8) is 0 Å². The second-order valence-corrected chi connectivity index (χ2v) is 5.21. The number of aromatic nitrogens is 2. The predicted octanol–water partition coefficient (Wildman–Crippen LogP) is 3.55. The second-order valence-electron chi connectivity index (χ2n) is 5.21. The number of pyridine rings is 1. The minimum atomic E-state index is 0.631. The fourth-order valence-corrected chi connectivity index (χ4v) is 2.71. The van der Waals surface area contributed by atoms with Crippen LogP contribution in [0.25, 0.3) is 10.9 Å². The van der Waals surface area contributed by atoms with E-state index in [2.05, 4.69) is 28.3 Å². The summed E-state index contributed by atoms with van der Waals surface area (Å²) >= 11 is 0. The summed E-state index contributed by atoms with van der Waals surface area (Å²) < 4.78 is 0. The van der Waals surface area contributed by atoms with E-state index in [1.54, 1.807) is 0 Å². The highest BCUT2D eigenvalue weighted by atomic mass is 14.9. The molecule has 3 nitrogen and oxygen atoms in total. The van der Waals surface area contributed by atoms with Gasteiger partial charge in [-0.2, -0.15) is 0 Å². The molecule has 1 fully saturated rings. The lowest BCUT2D eigenvalue weighted by Crippen LogP contribution is -2.25. The van der Waals surface area contributed by atoms with Crippen LogP contribution in [0.3, 0.4) is 0 Å². The zero-order valence-electron chi connectivity index (χ0n) is 10.2. The van der Waals surface area contributed by atoms with Gasteiger partial charge in [-0.3, -0.25) is 4.98 Å². The van der Waals surface area contributed by atoms with Crippen molar-refractivity contribution in [3.8, 4) is 0 Å². The zero-order chi connectivity index (χ0) is 11.7. The van der Waals surface area contributed by atoms with Gasteiger partial charge < -0.3 is 10.3 Å². The molecule has 0 bridgehead atoms. The maximum Gasteiger partial charge on any atom is 0.0897 e. The molecule has 0 amide bonds. The van der Waals surface area contributed by atoms with Crippen LogP contribution in [0.1, 0.15) is 32.6 Å². The number of H-pyrrole nitrogens is 1. The van der Waals surface area contributed by atoms with E-state index in [9.17, 15) is 0 Å². The first-order chi connectivity index (χ1) is 8.33. The molecule has 0 unspecified atom stereocenters. The summed E-state index contributed by atoms with van der Waals surface area (Å²) in [5, 5.41) is 4.87. The summed E-state index contributed by atoms with van der Waals surface area (Å²) in [6, 6.07) is 2.71. The first kappa shape index (κ1) is 10.6. The molecule has 0 atom stereocenters. The van der Waals surface area contributed by atoms with Gasteiger partial charge in [-0.25, -0.2) is 0 Å². The topological polar surface area (TPSA) is 40.7 Å². The molecule has 1 saturated carbocycles. The van der Waals surface area contributed by atoms with Crippen molar-refractivity contribution in [1.82, 2.24) is 9.97 Å². The van der Waals surface area contributed by atoms with Crippen molar-refractivity contribution in [2.24, 2.45) is 5.92 Å². The molecular formula is C14H19N3. The lowest BCUT2D eigenvalue weighted by Gasteiger charge is -2.27. The van der Waals surface area contributed by atoms with Gasteiger partial charge in [0.05, 0.1) is 5.52 Å². The van der Waals surface area contributed by atoms with Gasteiger partial charge in [0.15, 0.2) is 0 Å². The van der Waals surface area contributed by atoms with Crippen LogP contribution in [0.2, 0.25) is 0 Å². The lowest BCUT2D eigenvalue weighted by molar-refractivity contribution is 0.361. The minimum Gasteiger partial charge on any atom is -0.382 e. The molecule has 2 N–H and O–H groups in total. The highest BCUT2D eigenvalue weighted by Gasteiger charge is 2.18. The normalized spacial score (nSPS) is 25.0. The molecule has 0 spiro atoms. The van der Waals surface area contributed by atoms with Gasteiger partial charge in [-0.15, -0.1) is 0 Å². The van der Waals surface area contributed by atoms with Crippen LogP contribution in [0.4, 0.5) is 5.69 Å². The van der Waals surface area contributed by atoms with Gasteiger partial charge in [0.2, 0.25) is 0 Å². The molecule has 0 aliphatic heterocycles. The summed E-state index contributed by atoms with van der Waals surface area (Å²) in [6.45, 7) is 2.35. The van der Waals surface area contributed by atoms with Crippen LogP contribution in [0.5, 0.6) is 0 Å². The fraction of sp³-hybridized carbons (Fsp3) is 0.500. The molecular weight excluding hydrogens is 210 g/mol. The van der Waals surface area contributed by atoms with Crippen LogP contribution in [0, 0.1) is 5.92 Å². The fourth-order valence-electron chi connectivity index (χ4n) is 2.71. The Kier molecular flexibility index (Phi) is 2.75. The number of fused-ring (bicyclic) bond motifs is 1. The summed E-state index contributed by atoms with van der Waals surface area (Å²) in [5.41, 5.74) is 2.26. The molecule has 2 aromatic heterocycles. The standard InChI is InChI=1S/C14H19N3/c1-10-2-4-11(5-3-10)17-13-6-7-16-14-9-15-8-12(13)14/h6-11,15,17H,2-5H2,1H3. The van der Waals surface area contributed by atoms with E-state index in [0.717, 1.165) is 11.4 Å². The molecule has 0 saturated heterocycles.